The number of rotatable bonds is 3. The molecule has 0 aromatic carbocycles. The molecular weight excluding hydrogens is 289 g/mol. The second kappa shape index (κ2) is 4.78. The van der Waals surface area contributed by atoms with E-state index in [1.807, 2.05) is 0 Å². The summed E-state index contributed by atoms with van der Waals surface area (Å²) in [5, 5.41) is 11.5. The van der Waals surface area contributed by atoms with Crippen LogP contribution in [0.25, 0.3) is 0 Å². The lowest BCUT2D eigenvalue weighted by Gasteiger charge is -2.27. The average Bonchev–Trinajstić information content (AvgIpc) is 2.77. The molecule has 2 unspecified atom stereocenters. The van der Waals surface area contributed by atoms with Crippen LogP contribution in [-0.4, -0.2) is 47.8 Å². The van der Waals surface area contributed by atoms with Gasteiger partial charge in [-0.15, -0.1) is 0 Å². The van der Waals surface area contributed by atoms with Crippen LogP contribution in [0.1, 0.15) is 26.7 Å². The summed E-state index contributed by atoms with van der Waals surface area (Å²) in [7, 11) is 0. The lowest BCUT2D eigenvalue weighted by atomic mass is 9.86. The van der Waals surface area contributed by atoms with Gasteiger partial charge in [0.25, 0.3) is 0 Å². The highest BCUT2D eigenvalue weighted by molar-refractivity contribution is 5.80. The van der Waals surface area contributed by atoms with Gasteiger partial charge in [0.2, 0.25) is 0 Å². The molecule has 0 spiro atoms. The van der Waals surface area contributed by atoms with Gasteiger partial charge in [0, 0.05) is 19.6 Å². The Hall–Kier alpha value is -1.47. The molecule has 0 bridgehead atoms. The highest BCUT2D eigenvalue weighted by Gasteiger charge is 2.64. The minimum atomic E-state index is -4.87. The van der Waals surface area contributed by atoms with Crippen molar-refractivity contribution in [1.29, 1.82) is 0 Å². The minimum Gasteiger partial charge on any atom is -0.481 e. The number of amides is 2. The maximum Gasteiger partial charge on any atom is 0.406 e. The molecule has 1 saturated carbocycles. The van der Waals surface area contributed by atoms with Gasteiger partial charge in [0.05, 0.1) is 0 Å². The number of hydrogen-bond acceptors (Lipinski definition) is 2. The number of carboxylic acids is 1. The zero-order valence-electron chi connectivity index (χ0n) is 12.0. The van der Waals surface area contributed by atoms with Gasteiger partial charge in [-0.1, -0.05) is 13.8 Å². The molecule has 2 aliphatic rings. The molecular formula is C13H19F3N2O3. The van der Waals surface area contributed by atoms with E-state index in [9.17, 15) is 22.8 Å². The van der Waals surface area contributed by atoms with Crippen molar-refractivity contribution >= 4 is 12.0 Å². The lowest BCUT2D eigenvalue weighted by Crippen LogP contribution is -2.49. The fourth-order valence-corrected chi connectivity index (χ4v) is 2.76. The number of hydrogen-bond donors (Lipinski definition) is 2. The summed E-state index contributed by atoms with van der Waals surface area (Å²) in [4.78, 5) is 23.8. The molecule has 1 aliphatic carbocycles. The number of urea groups is 1. The van der Waals surface area contributed by atoms with Gasteiger partial charge in [0.15, 0.2) is 5.41 Å². The number of likely N-dealkylation sites (tertiary alicyclic amines) is 1. The van der Waals surface area contributed by atoms with Crippen LogP contribution in [0, 0.1) is 16.7 Å². The van der Waals surface area contributed by atoms with Crippen molar-refractivity contribution in [3.63, 3.8) is 0 Å². The van der Waals surface area contributed by atoms with Crippen molar-refractivity contribution in [2.45, 2.75) is 32.9 Å². The first-order valence-electron chi connectivity index (χ1n) is 6.82. The van der Waals surface area contributed by atoms with E-state index in [2.05, 4.69) is 19.2 Å². The summed E-state index contributed by atoms with van der Waals surface area (Å²) in [6.45, 7) is 3.49. The van der Waals surface area contributed by atoms with Crippen LogP contribution in [0.3, 0.4) is 0 Å². The summed E-state index contributed by atoms with van der Waals surface area (Å²) in [5.74, 6) is -1.59. The van der Waals surface area contributed by atoms with E-state index in [4.69, 9.17) is 5.11 Å². The Kier molecular flexibility index (Phi) is 3.62. The van der Waals surface area contributed by atoms with E-state index in [0.29, 0.717) is 12.5 Å². The minimum absolute atomic E-state index is 0.162. The molecule has 0 aromatic rings. The zero-order chi connectivity index (χ0) is 16.1. The largest absolute Gasteiger partial charge is 0.481 e. The third-order valence-corrected chi connectivity index (χ3v) is 4.73. The normalized spacial score (nSPS) is 31.1. The summed E-state index contributed by atoms with van der Waals surface area (Å²) in [5.41, 5.74) is -2.68. The van der Waals surface area contributed by atoms with Crippen LogP contribution in [0.5, 0.6) is 0 Å². The number of carboxylic acid groups (broad SMARTS) is 1. The molecule has 0 radical (unpaired) electrons. The van der Waals surface area contributed by atoms with Crippen molar-refractivity contribution in [3.8, 4) is 0 Å². The van der Waals surface area contributed by atoms with E-state index >= 15 is 0 Å². The van der Waals surface area contributed by atoms with E-state index in [1.54, 1.807) is 0 Å². The first-order valence-corrected chi connectivity index (χ1v) is 6.82. The first kappa shape index (κ1) is 15.9. The Labute approximate surface area is 120 Å². The molecule has 21 heavy (non-hydrogen) atoms. The SMILES string of the molecule is CC1(C)CC1CNC(=O)N1CCC(C(=O)O)(C(F)(F)F)C1. The van der Waals surface area contributed by atoms with Crippen molar-refractivity contribution in [2.75, 3.05) is 19.6 Å². The molecule has 2 amide bonds. The van der Waals surface area contributed by atoms with Crippen LogP contribution in [0.15, 0.2) is 0 Å². The Morgan fingerprint density at radius 3 is 2.33 bits per heavy atom. The van der Waals surface area contributed by atoms with Crippen LogP contribution in [-0.2, 0) is 4.79 Å². The van der Waals surface area contributed by atoms with Gasteiger partial charge < -0.3 is 15.3 Å². The van der Waals surface area contributed by atoms with Crippen LogP contribution >= 0.6 is 0 Å². The molecule has 1 saturated heterocycles. The predicted molar refractivity (Wildman–Crippen MR) is 67.6 cm³/mol. The molecule has 8 heteroatoms. The van der Waals surface area contributed by atoms with Crippen LogP contribution < -0.4 is 5.32 Å². The monoisotopic (exact) mass is 308 g/mol. The average molecular weight is 308 g/mol. The predicted octanol–water partition coefficient (Wildman–Crippen LogP) is 2.08. The Morgan fingerprint density at radius 1 is 1.38 bits per heavy atom. The number of carbonyl (C=O) groups is 2. The summed E-state index contributed by atoms with van der Waals surface area (Å²) < 4.78 is 39.0. The number of halogens is 3. The molecule has 1 heterocycles. The van der Waals surface area contributed by atoms with Crippen molar-refractivity contribution in [2.24, 2.45) is 16.7 Å². The number of nitrogens with zero attached hydrogens (tertiary/aromatic N) is 1. The van der Waals surface area contributed by atoms with Gasteiger partial charge in [-0.25, -0.2) is 4.79 Å². The highest BCUT2D eigenvalue weighted by atomic mass is 19.4. The Balaban J connectivity index is 1.94. The van der Waals surface area contributed by atoms with Gasteiger partial charge in [0.1, 0.15) is 0 Å². The van der Waals surface area contributed by atoms with Gasteiger partial charge in [-0.05, 0) is 24.2 Å². The fourth-order valence-electron chi connectivity index (χ4n) is 2.76. The highest BCUT2D eigenvalue weighted by Crippen LogP contribution is 2.51. The second-order valence-electron chi connectivity index (χ2n) is 6.63. The summed E-state index contributed by atoms with van der Waals surface area (Å²) in [6.07, 6.45) is -4.50. The third kappa shape index (κ3) is 2.80. The zero-order valence-corrected chi connectivity index (χ0v) is 12.0. The van der Waals surface area contributed by atoms with Crippen molar-refractivity contribution in [3.05, 3.63) is 0 Å². The topological polar surface area (TPSA) is 69.6 Å². The van der Waals surface area contributed by atoms with Gasteiger partial charge in [-0.2, -0.15) is 13.2 Å². The molecule has 2 fully saturated rings. The van der Waals surface area contributed by atoms with E-state index in [1.165, 1.54) is 0 Å². The van der Waals surface area contributed by atoms with E-state index < -0.39 is 36.6 Å². The lowest BCUT2D eigenvalue weighted by molar-refractivity contribution is -0.226. The Morgan fingerprint density at radius 2 is 1.95 bits per heavy atom. The molecule has 0 aromatic heterocycles. The van der Waals surface area contributed by atoms with E-state index in [-0.39, 0.29) is 12.0 Å². The number of nitrogens with one attached hydrogen (secondary N) is 1. The van der Waals surface area contributed by atoms with Gasteiger partial charge in [-0.3, -0.25) is 4.79 Å². The van der Waals surface area contributed by atoms with Gasteiger partial charge >= 0.3 is 18.2 Å². The number of alkyl halides is 3. The van der Waals surface area contributed by atoms with Crippen molar-refractivity contribution in [1.82, 2.24) is 10.2 Å². The third-order valence-electron chi connectivity index (χ3n) is 4.73. The number of aliphatic carboxylic acids is 1. The smallest absolute Gasteiger partial charge is 0.406 e. The fraction of sp³-hybridized carbons (Fsp3) is 0.846. The maximum atomic E-state index is 13.0. The van der Waals surface area contributed by atoms with Crippen LogP contribution in [0.4, 0.5) is 18.0 Å². The molecule has 1 aliphatic heterocycles. The Bertz CT molecular complexity index is 464. The summed E-state index contributed by atoms with van der Waals surface area (Å²) >= 11 is 0. The summed E-state index contributed by atoms with van der Waals surface area (Å²) in [6, 6.07) is -0.620. The van der Waals surface area contributed by atoms with E-state index in [0.717, 1.165) is 11.3 Å². The first-order chi connectivity index (χ1) is 9.49. The molecule has 2 N–H and O–H groups in total. The molecule has 2 atom stereocenters. The number of carbonyl (C=O) groups excluding carboxylic acids is 1. The van der Waals surface area contributed by atoms with Crippen molar-refractivity contribution < 1.29 is 27.9 Å². The quantitative estimate of drug-likeness (QED) is 0.838. The van der Waals surface area contributed by atoms with Crippen LogP contribution in [0.2, 0.25) is 0 Å². The molecule has 5 nitrogen and oxygen atoms in total. The molecule has 2 rings (SSSR count). The molecule has 120 valence electrons. The maximum absolute atomic E-state index is 13.0. The standard InChI is InChI=1S/C13H19F3N2O3/c1-11(2)5-8(11)6-17-10(21)18-4-3-12(7-18,9(19)20)13(14,15)16/h8H,3-7H2,1-2H3,(H,17,21)(H,19,20). The second-order valence-corrected chi connectivity index (χ2v) is 6.63.